The van der Waals surface area contributed by atoms with Gasteiger partial charge in [0.15, 0.2) is 5.76 Å². The first-order valence-corrected chi connectivity index (χ1v) is 8.10. The Morgan fingerprint density at radius 3 is 2.71 bits per heavy atom. The Hall–Kier alpha value is -2.14. The van der Waals surface area contributed by atoms with Gasteiger partial charge in [-0.15, -0.1) is 0 Å². The molecule has 0 saturated carbocycles. The molecular weight excluding hydrogens is 309 g/mol. The predicted molar refractivity (Wildman–Crippen MR) is 88.1 cm³/mol. The van der Waals surface area contributed by atoms with Crippen molar-refractivity contribution >= 4 is 5.91 Å². The smallest absolute Gasteiger partial charge is 0.287 e. The van der Waals surface area contributed by atoms with Crippen molar-refractivity contribution in [2.75, 3.05) is 0 Å². The monoisotopic (exact) mass is 331 g/mol. The van der Waals surface area contributed by atoms with Gasteiger partial charge in [-0.25, -0.2) is 4.39 Å². The minimum Gasteiger partial charge on any atom is -0.455 e. The Morgan fingerprint density at radius 2 is 2.04 bits per heavy atom. The molecule has 0 bridgehead atoms. The molecule has 0 saturated heterocycles. The quantitative estimate of drug-likeness (QED) is 0.902. The van der Waals surface area contributed by atoms with Gasteiger partial charge >= 0.3 is 0 Å². The summed E-state index contributed by atoms with van der Waals surface area (Å²) in [6.45, 7) is 6.24. The molecule has 4 nitrogen and oxygen atoms in total. The number of carbonyl (C=O) groups is 1. The molecule has 1 aliphatic rings. The summed E-state index contributed by atoms with van der Waals surface area (Å²) in [4.78, 5) is 12.4. The molecule has 1 unspecified atom stereocenters. The van der Waals surface area contributed by atoms with E-state index in [9.17, 15) is 14.3 Å². The summed E-state index contributed by atoms with van der Waals surface area (Å²) in [7, 11) is 0. The molecule has 1 heterocycles. The lowest BCUT2D eigenvalue weighted by Crippen LogP contribution is -2.25. The van der Waals surface area contributed by atoms with Gasteiger partial charge in [-0.1, -0.05) is 26.0 Å². The highest BCUT2D eigenvalue weighted by atomic mass is 19.1. The van der Waals surface area contributed by atoms with E-state index in [2.05, 4.69) is 19.2 Å². The lowest BCUT2D eigenvalue weighted by atomic mass is 9.75. The zero-order valence-electron chi connectivity index (χ0n) is 14.1. The van der Waals surface area contributed by atoms with Gasteiger partial charge in [-0.3, -0.25) is 4.79 Å². The fourth-order valence-corrected chi connectivity index (χ4v) is 3.37. The van der Waals surface area contributed by atoms with Gasteiger partial charge in [-0.05, 0) is 36.5 Å². The number of halogens is 1. The van der Waals surface area contributed by atoms with Crippen LogP contribution in [-0.2, 0) is 13.0 Å². The molecule has 0 fully saturated rings. The van der Waals surface area contributed by atoms with Crippen LogP contribution in [0.4, 0.5) is 4.39 Å². The van der Waals surface area contributed by atoms with Crippen molar-refractivity contribution in [3.05, 3.63) is 58.3 Å². The van der Waals surface area contributed by atoms with Crippen molar-refractivity contribution < 1.29 is 18.7 Å². The van der Waals surface area contributed by atoms with Crippen molar-refractivity contribution in [3.8, 4) is 0 Å². The molecule has 2 N–H and O–H groups in total. The predicted octanol–water partition coefficient (Wildman–Crippen LogP) is 3.66. The second-order valence-corrected chi connectivity index (χ2v) is 7.26. The number of nitrogens with one attached hydrogen (secondary N) is 1. The zero-order valence-corrected chi connectivity index (χ0v) is 14.1. The minimum atomic E-state index is -0.605. The van der Waals surface area contributed by atoms with E-state index in [-0.39, 0.29) is 29.4 Å². The number of fused-ring (bicyclic) bond motifs is 1. The van der Waals surface area contributed by atoms with Crippen LogP contribution in [0.1, 0.15) is 59.4 Å². The maximum atomic E-state index is 12.9. The second-order valence-electron chi connectivity index (χ2n) is 7.26. The highest BCUT2D eigenvalue weighted by molar-refractivity contribution is 5.93. The van der Waals surface area contributed by atoms with E-state index >= 15 is 0 Å². The van der Waals surface area contributed by atoms with Gasteiger partial charge in [0.2, 0.25) is 0 Å². The van der Waals surface area contributed by atoms with Gasteiger partial charge in [0.05, 0.1) is 6.10 Å². The van der Waals surface area contributed by atoms with E-state index in [0.29, 0.717) is 24.2 Å². The van der Waals surface area contributed by atoms with Gasteiger partial charge in [0.25, 0.3) is 5.91 Å². The maximum absolute atomic E-state index is 12.9. The molecule has 128 valence electrons. The maximum Gasteiger partial charge on any atom is 0.287 e. The Bertz CT molecular complexity index is 762. The van der Waals surface area contributed by atoms with Crippen molar-refractivity contribution in [1.82, 2.24) is 5.32 Å². The number of amides is 1. The third-order valence-electron chi connectivity index (χ3n) is 4.56. The van der Waals surface area contributed by atoms with Crippen LogP contribution in [0, 0.1) is 18.2 Å². The minimum absolute atomic E-state index is 0.0570. The lowest BCUT2D eigenvalue weighted by molar-refractivity contribution is 0.0883. The summed E-state index contributed by atoms with van der Waals surface area (Å²) >= 11 is 0. The van der Waals surface area contributed by atoms with Crippen molar-refractivity contribution in [1.29, 1.82) is 0 Å². The fraction of sp³-hybridized carbons (Fsp3) is 0.421. The van der Waals surface area contributed by atoms with E-state index < -0.39 is 6.10 Å². The Morgan fingerprint density at radius 1 is 1.38 bits per heavy atom. The summed E-state index contributed by atoms with van der Waals surface area (Å²) in [5, 5.41) is 13.2. The number of benzene rings is 1. The molecule has 0 spiro atoms. The largest absolute Gasteiger partial charge is 0.455 e. The van der Waals surface area contributed by atoms with E-state index in [4.69, 9.17) is 4.42 Å². The van der Waals surface area contributed by atoms with E-state index in [1.165, 1.54) is 12.1 Å². The van der Waals surface area contributed by atoms with Crippen LogP contribution in [-0.4, -0.2) is 11.0 Å². The summed E-state index contributed by atoms with van der Waals surface area (Å²) < 4.78 is 18.7. The summed E-state index contributed by atoms with van der Waals surface area (Å²) in [5.74, 6) is 0.314. The molecule has 3 rings (SSSR count). The van der Waals surface area contributed by atoms with E-state index in [0.717, 1.165) is 11.1 Å². The molecule has 0 radical (unpaired) electrons. The molecular formula is C19H22FNO3. The highest BCUT2D eigenvalue weighted by Crippen LogP contribution is 2.43. The molecule has 1 aromatic heterocycles. The van der Waals surface area contributed by atoms with Crippen LogP contribution in [0.2, 0.25) is 0 Å². The average Bonchev–Trinajstić information content (AvgIpc) is 2.82. The summed E-state index contributed by atoms with van der Waals surface area (Å²) in [6, 6.07) is 5.97. The third kappa shape index (κ3) is 3.22. The van der Waals surface area contributed by atoms with E-state index in [1.807, 2.05) is 0 Å². The number of aliphatic hydroxyl groups is 1. The molecule has 24 heavy (non-hydrogen) atoms. The van der Waals surface area contributed by atoms with Crippen molar-refractivity contribution in [2.45, 2.75) is 46.3 Å². The zero-order chi connectivity index (χ0) is 17.5. The first kappa shape index (κ1) is 16.7. The van der Waals surface area contributed by atoms with Gasteiger partial charge in [-0.2, -0.15) is 0 Å². The molecule has 2 aromatic rings. The van der Waals surface area contributed by atoms with Crippen molar-refractivity contribution in [3.63, 3.8) is 0 Å². The van der Waals surface area contributed by atoms with Crippen molar-refractivity contribution in [2.24, 2.45) is 5.41 Å². The number of aliphatic hydroxyl groups excluding tert-OH is 1. The molecule has 1 aliphatic carbocycles. The first-order valence-electron chi connectivity index (χ1n) is 8.10. The summed E-state index contributed by atoms with van der Waals surface area (Å²) in [6.07, 6.45) is 0.744. The number of carbonyl (C=O) groups excluding carboxylic acids is 1. The number of hydrogen-bond acceptors (Lipinski definition) is 3. The number of furan rings is 1. The average molecular weight is 331 g/mol. The van der Waals surface area contributed by atoms with Crippen LogP contribution in [0.25, 0.3) is 0 Å². The first-order chi connectivity index (χ1) is 11.3. The van der Waals surface area contributed by atoms with Crippen LogP contribution < -0.4 is 5.32 Å². The lowest BCUT2D eigenvalue weighted by Gasteiger charge is -2.31. The molecule has 1 amide bonds. The molecule has 1 atom stereocenters. The Kier molecular flexibility index (Phi) is 4.22. The van der Waals surface area contributed by atoms with E-state index in [1.54, 1.807) is 19.1 Å². The highest BCUT2D eigenvalue weighted by Gasteiger charge is 2.37. The normalized spacial score (nSPS) is 19.0. The SMILES string of the molecule is Cc1c(C(=O)NCc2ccc(F)cc2)oc2c1C(O)CC(C)(C)C2. The van der Waals surface area contributed by atoms with Crippen LogP contribution in [0.15, 0.2) is 28.7 Å². The van der Waals surface area contributed by atoms with Gasteiger partial charge < -0.3 is 14.8 Å². The molecule has 5 heteroatoms. The van der Waals surface area contributed by atoms with Crippen LogP contribution >= 0.6 is 0 Å². The van der Waals surface area contributed by atoms with Gasteiger partial charge in [0.1, 0.15) is 11.6 Å². The fourth-order valence-electron chi connectivity index (χ4n) is 3.37. The third-order valence-corrected chi connectivity index (χ3v) is 4.56. The Balaban J connectivity index is 1.77. The number of hydrogen-bond donors (Lipinski definition) is 2. The molecule has 0 aliphatic heterocycles. The van der Waals surface area contributed by atoms with Crippen LogP contribution in [0.5, 0.6) is 0 Å². The van der Waals surface area contributed by atoms with Gasteiger partial charge in [0, 0.05) is 24.1 Å². The molecule has 1 aromatic carbocycles. The second kappa shape index (κ2) is 6.06. The summed E-state index contributed by atoms with van der Waals surface area (Å²) in [5.41, 5.74) is 2.20. The Labute approximate surface area is 140 Å². The number of rotatable bonds is 3. The van der Waals surface area contributed by atoms with Crippen LogP contribution in [0.3, 0.4) is 0 Å². The standard InChI is InChI=1S/C19H22FNO3/c1-11-16-14(22)8-19(2,3)9-15(16)24-17(11)18(23)21-10-12-4-6-13(20)7-5-12/h4-7,14,22H,8-10H2,1-3H3,(H,21,23). The topological polar surface area (TPSA) is 62.5 Å².